The maximum absolute atomic E-state index is 14.6. The number of carbonyl (C=O) groups excluding carboxylic acids is 4. The number of fused-ring (bicyclic) bond motifs is 6. The summed E-state index contributed by atoms with van der Waals surface area (Å²) in [5.74, 6) is -4.69. The summed E-state index contributed by atoms with van der Waals surface area (Å²) in [6.07, 6.45) is 2.48. The smallest absolute Gasteiger partial charge is 0.238 e. The fraction of sp³-hybridized carbons (Fsp3) is 0.174. The molecule has 2 aromatic heterocycles. The number of para-hydroxylation sites is 5. The SMILES string of the molecule is O=C1[C@H]2[C@H](CC=C3[C@H]2C[C@H]2C(=O)N(c4ccc(-c5nc6ccccc6o5)cc4)C(=O)[C@H]2[C@H]3c2ccccc2O)C(=O)N1c1ccc(-c2nc3ccccc3o2)cc1. The van der Waals surface area contributed by atoms with Crippen LogP contribution in [0.2, 0.25) is 0 Å². The molecule has 11 rings (SSSR count). The number of oxazole rings is 2. The maximum Gasteiger partial charge on any atom is 0.238 e. The van der Waals surface area contributed by atoms with Crippen LogP contribution in [0.4, 0.5) is 11.4 Å². The molecule has 0 unspecified atom stereocenters. The van der Waals surface area contributed by atoms with E-state index < -0.39 is 35.5 Å². The number of phenolic OH excluding ortho intramolecular Hbond substituents is 1. The molecule has 4 aliphatic rings. The van der Waals surface area contributed by atoms with Gasteiger partial charge < -0.3 is 13.9 Å². The van der Waals surface area contributed by atoms with E-state index in [0.717, 1.165) is 16.6 Å². The Kier molecular flexibility index (Phi) is 7.25. The highest BCUT2D eigenvalue weighted by Crippen LogP contribution is 2.59. The molecule has 0 spiro atoms. The van der Waals surface area contributed by atoms with E-state index >= 15 is 0 Å². The molecule has 3 fully saturated rings. The van der Waals surface area contributed by atoms with Crippen molar-refractivity contribution in [3.63, 3.8) is 0 Å². The van der Waals surface area contributed by atoms with Crippen LogP contribution in [0.15, 0.2) is 142 Å². The molecule has 6 atom stereocenters. The number of hydrogen-bond donors (Lipinski definition) is 1. The van der Waals surface area contributed by atoms with E-state index in [1.54, 1.807) is 72.8 Å². The number of phenols is 1. The van der Waals surface area contributed by atoms with Crippen LogP contribution in [-0.4, -0.2) is 38.7 Å². The molecule has 57 heavy (non-hydrogen) atoms. The number of amides is 4. The molecule has 4 heterocycles. The van der Waals surface area contributed by atoms with E-state index in [2.05, 4.69) is 9.97 Å². The highest BCUT2D eigenvalue weighted by atomic mass is 16.4. The zero-order chi connectivity index (χ0) is 38.5. The minimum atomic E-state index is -0.815. The zero-order valence-electron chi connectivity index (χ0n) is 30.2. The van der Waals surface area contributed by atoms with Crippen molar-refractivity contribution in [1.82, 2.24) is 9.97 Å². The predicted molar refractivity (Wildman–Crippen MR) is 209 cm³/mol. The van der Waals surface area contributed by atoms with Gasteiger partial charge in [-0.05, 0) is 97.6 Å². The van der Waals surface area contributed by atoms with E-state index in [9.17, 15) is 24.3 Å². The Morgan fingerprint density at radius 1 is 0.544 bits per heavy atom. The van der Waals surface area contributed by atoms with Crippen molar-refractivity contribution in [3.05, 3.63) is 139 Å². The number of carbonyl (C=O) groups is 4. The van der Waals surface area contributed by atoms with Crippen molar-refractivity contribution in [3.8, 4) is 28.7 Å². The molecule has 0 radical (unpaired) electrons. The summed E-state index contributed by atoms with van der Waals surface area (Å²) in [4.78, 5) is 69.4. The average molecular weight is 753 g/mol. The van der Waals surface area contributed by atoms with Crippen LogP contribution in [-0.2, 0) is 19.2 Å². The zero-order valence-corrected chi connectivity index (χ0v) is 30.2. The minimum Gasteiger partial charge on any atom is -0.508 e. The van der Waals surface area contributed by atoms with Gasteiger partial charge in [-0.15, -0.1) is 0 Å². The molecule has 4 amide bonds. The van der Waals surface area contributed by atoms with Gasteiger partial charge in [-0.2, -0.15) is 0 Å². The fourth-order valence-corrected chi connectivity index (χ4v) is 9.69. The van der Waals surface area contributed by atoms with Gasteiger partial charge >= 0.3 is 0 Å². The molecule has 2 aliphatic carbocycles. The standard InChI is InChI=1S/C46H32N4O7/c51-35-10-4-1-7-29(35)38-28-21-22-30-39(45(54)49(43(30)52)26-17-13-24(14-18-26)41-47-33-8-2-5-11-36(33)56-41)31(28)23-32-40(38)46(55)50(44(32)53)27-19-15-25(16-20-27)42-48-34-9-3-6-12-37(34)57-42/h1-21,30-32,38-40,51H,22-23H2/t30-,31+,32+,38+,39-,40+/m0/s1. The lowest BCUT2D eigenvalue weighted by Crippen LogP contribution is -2.43. The topological polar surface area (TPSA) is 147 Å². The second kappa shape index (κ2) is 12.4. The lowest BCUT2D eigenvalue weighted by atomic mass is 9.57. The Hall–Kier alpha value is -7.14. The Bertz CT molecular complexity index is 2790. The molecule has 2 aliphatic heterocycles. The number of anilines is 2. The number of aromatic nitrogens is 2. The summed E-state index contributed by atoms with van der Waals surface area (Å²) in [6.45, 7) is 0. The molecule has 1 saturated carbocycles. The van der Waals surface area contributed by atoms with Gasteiger partial charge in [0.25, 0.3) is 0 Å². The Labute approximate surface area is 324 Å². The van der Waals surface area contributed by atoms with Gasteiger partial charge in [-0.1, -0.05) is 54.1 Å². The first-order valence-electron chi connectivity index (χ1n) is 19.0. The Balaban J connectivity index is 0.923. The largest absolute Gasteiger partial charge is 0.508 e. The summed E-state index contributed by atoms with van der Waals surface area (Å²) in [7, 11) is 0. The molecule has 11 heteroatoms. The molecule has 278 valence electrons. The summed E-state index contributed by atoms with van der Waals surface area (Å²) >= 11 is 0. The second-order valence-corrected chi connectivity index (χ2v) is 15.2. The molecule has 2 saturated heterocycles. The van der Waals surface area contributed by atoms with E-state index in [4.69, 9.17) is 8.83 Å². The van der Waals surface area contributed by atoms with Gasteiger partial charge in [0.05, 0.1) is 35.0 Å². The fourth-order valence-electron chi connectivity index (χ4n) is 9.69. The van der Waals surface area contributed by atoms with Crippen LogP contribution in [0.25, 0.3) is 45.1 Å². The number of benzene rings is 5. The van der Waals surface area contributed by atoms with Gasteiger partial charge in [-0.25, -0.2) is 9.97 Å². The van der Waals surface area contributed by atoms with E-state index in [1.807, 2.05) is 54.6 Å². The number of allylic oxidation sites excluding steroid dienone is 2. The minimum absolute atomic E-state index is 0.000735. The molecule has 1 N–H and O–H groups in total. The molecule has 5 aromatic carbocycles. The number of hydrogen-bond acceptors (Lipinski definition) is 9. The van der Waals surface area contributed by atoms with Gasteiger partial charge in [-0.3, -0.25) is 29.0 Å². The van der Waals surface area contributed by atoms with E-state index in [1.165, 1.54) is 9.80 Å². The van der Waals surface area contributed by atoms with Crippen molar-refractivity contribution in [2.24, 2.45) is 29.6 Å². The van der Waals surface area contributed by atoms with Gasteiger partial charge in [0.1, 0.15) is 16.8 Å². The first-order chi connectivity index (χ1) is 27.8. The maximum atomic E-state index is 14.6. The van der Waals surface area contributed by atoms with Crippen LogP contribution in [0.5, 0.6) is 5.75 Å². The molecular weight excluding hydrogens is 721 g/mol. The molecule has 11 nitrogen and oxygen atoms in total. The number of imide groups is 2. The molecule has 7 aromatic rings. The highest BCUT2D eigenvalue weighted by Gasteiger charge is 2.62. The van der Waals surface area contributed by atoms with Gasteiger partial charge in [0.2, 0.25) is 35.4 Å². The highest BCUT2D eigenvalue weighted by molar-refractivity contribution is 6.24. The first-order valence-corrected chi connectivity index (χ1v) is 19.0. The second-order valence-electron chi connectivity index (χ2n) is 15.2. The van der Waals surface area contributed by atoms with E-state index in [-0.39, 0.29) is 35.8 Å². The third-order valence-electron chi connectivity index (χ3n) is 12.3. The molecular formula is C46H32N4O7. The number of rotatable bonds is 5. The van der Waals surface area contributed by atoms with Crippen molar-refractivity contribution >= 4 is 57.2 Å². The van der Waals surface area contributed by atoms with Gasteiger partial charge in [0, 0.05) is 22.6 Å². The number of aromatic hydroxyl groups is 1. The Morgan fingerprint density at radius 2 is 1.05 bits per heavy atom. The summed E-state index contributed by atoms with van der Waals surface area (Å²) in [5, 5.41) is 11.2. The van der Waals surface area contributed by atoms with Crippen LogP contribution in [0.3, 0.4) is 0 Å². The van der Waals surface area contributed by atoms with Crippen LogP contribution in [0.1, 0.15) is 24.3 Å². The van der Waals surface area contributed by atoms with Crippen LogP contribution < -0.4 is 9.80 Å². The van der Waals surface area contributed by atoms with E-state index in [0.29, 0.717) is 57.4 Å². The summed E-state index contributed by atoms with van der Waals surface area (Å²) in [6, 6.07) is 35.7. The Morgan fingerprint density at radius 3 is 1.61 bits per heavy atom. The van der Waals surface area contributed by atoms with Gasteiger partial charge in [0.15, 0.2) is 11.2 Å². The average Bonchev–Trinajstić information content (AvgIpc) is 3.99. The lowest BCUT2D eigenvalue weighted by Gasteiger charge is -2.44. The molecule has 0 bridgehead atoms. The summed E-state index contributed by atoms with van der Waals surface area (Å²) in [5.41, 5.74) is 6.32. The normalized spacial score (nSPS) is 24.2. The quantitative estimate of drug-likeness (QED) is 0.136. The van der Waals surface area contributed by atoms with Crippen molar-refractivity contribution in [2.75, 3.05) is 9.80 Å². The lowest BCUT2D eigenvalue weighted by molar-refractivity contribution is -0.126. The number of nitrogens with zero attached hydrogens (tertiary/aromatic N) is 4. The van der Waals surface area contributed by atoms with Crippen molar-refractivity contribution in [1.29, 1.82) is 0 Å². The van der Waals surface area contributed by atoms with Crippen molar-refractivity contribution < 1.29 is 33.1 Å². The third kappa shape index (κ3) is 4.97. The monoisotopic (exact) mass is 752 g/mol. The van der Waals surface area contributed by atoms with Crippen LogP contribution in [0, 0.1) is 29.6 Å². The van der Waals surface area contributed by atoms with Crippen molar-refractivity contribution in [2.45, 2.75) is 18.8 Å². The van der Waals surface area contributed by atoms with Crippen LogP contribution >= 0.6 is 0 Å². The first kappa shape index (κ1) is 33.2. The summed E-state index contributed by atoms with van der Waals surface area (Å²) < 4.78 is 11.9. The third-order valence-corrected chi connectivity index (χ3v) is 12.3. The predicted octanol–water partition coefficient (Wildman–Crippen LogP) is 8.05.